The second-order valence-electron chi connectivity index (χ2n) is 7.12. The van der Waals surface area contributed by atoms with Gasteiger partial charge in [0.1, 0.15) is 18.2 Å². The second kappa shape index (κ2) is 7.29. The SMILES string of the molecule is CCO[C@H](C)c1noc(CN2C(=O)N[C@@](C)(c3cccc4ccccc34)C2=O)n1. The lowest BCUT2D eigenvalue weighted by Crippen LogP contribution is -2.41. The smallest absolute Gasteiger partial charge is 0.325 e. The number of aromatic nitrogens is 2. The summed E-state index contributed by atoms with van der Waals surface area (Å²) in [6.45, 7) is 5.81. The Bertz CT molecular complexity index is 1070. The summed E-state index contributed by atoms with van der Waals surface area (Å²) in [7, 11) is 0. The maximum Gasteiger partial charge on any atom is 0.325 e. The minimum atomic E-state index is -1.18. The molecule has 1 N–H and O–H groups in total. The molecule has 29 heavy (non-hydrogen) atoms. The van der Waals surface area contributed by atoms with Gasteiger partial charge in [-0.25, -0.2) is 4.79 Å². The van der Waals surface area contributed by atoms with Crippen molar-refractivity contribution >= 4 is 22.7 Å². The maximum atomic E-state index is 13.3. The molecular weight excluding hydrogens is 372 g/mol. The number of urea groups is 1. The van der Waals surface area contributed by atoms with E-state index in [-0.39, 0.29) is 24.4 Å². The van der Waals surface area contributed by atoms with Crippen LogP contribution in [0, 0.1) is 0 Å². The number of hydrogen-bond acceptors (Lipinski definition) is 6. The first kappa shape index (κ1) is 19.1. The normalized spacial score (nSPS) is 20.3. The topological polar surface area (TPSA) is 97.6 Å². The molecule has 150 valence electrons. The molecule has 0 spiro atoms. The molecule has 2 aromatic carbocycles. The van der Waals surface area contributed by atoms with Crippen molar-refractivity contribution < 1.29 is 18.8 Å². The third-order valence-electron chi connectivity index (χ3n) is 5.16. The van der Waals surface area contributed by atoms with E-state index in [1.54, 1.807) is 6.92 Å². The lowest BCUT2D eigenvalue weighted by Gasteiger charge is -2.23. The largest absolute Gasteiger partial charge is 0.371 e. The first-order valence-electron chi connectivity index (χ1n) is 9.50. The summed E-state index contributed by atoms with van der Waals surface area (Å²) >= 11 is 0. The van der Waals surface area contributed by atoms with Crippen molar-refractivity contribution in [2.24, 2.45) is 0 Å². The van der Waals surface area contributed by atoms with E-state index in [2.05, 4.69) is 15.5 Å². The quantitative estimate of drug-likeness (QED) is 0.645. The van der Waals surface area contributed by atoms with Crippen LogP contribution in [0.25, 0.3) is 10.8 Å². The number of ether oxygens (including phenoxy) is 1. The van der Waals surface area contributed by atoms with Crippen LogP contribution in [0.15, 0.2) is 47.0 Å². The van der Waals surface area contributed by atoms with E-state index in [0.717, 1.165) is 21.2 Å². The maximum absolute atomic E-state index is 13.3. The average Bonchev–Trinajstić information content (AvgIpc) is 3.27. The van der Waals surface area contributed by atoms with Crippen molar-refractivity contribution in [2.45, 2.75) is 39.0 Å². The van der Waals surface area contributed by atoms with Gasteiger partial charge < -0.3 is 14.6 Å². The molecule has 1 aliphatic rings. The van der Waals surface area contributed by atoms with E-state index in [1.165, 1.54) is 0 Å². The van der Waals surface area contributed by atoms with E-state index in [1.807, 2.05) is 56.3 Å². The summed E-state index contributed by atoms with van der Waals surface area (Å²) in [4.78, 5) is 31.3. The molecule has 8 heteroatoms. The van der Waals surface area contributed by atoms with Gasteiger partial charge in [0.2, 0.25) is 5.89 Å². The Morgan fingerprint density at radius 1 is 1.21 bits per heavy atom. The van der Waals surface area contributed by atoms with Crippen molar-refractivity contribution in [3.63, 3.8) is 0 Å². The fourth-order valence-electron chi connectivity index (χ4n) is 3.64. The number of carbonyl (C=O) groups excluding carboxylic acids is 2. The molecule has 3 aromatic rings. The van der Waals surface area contributed by atoms with E-state index < -0.39 is 11.6 Å². The number of rotatable bonds is 6. The standard InChI is InChI=1S/C21H22N4O4/c1-4-28-13(2)18-22-17(29-24-18)12-25-19(26)21(3,23-20(25)27)16-11-7-9-14-8-5-6-10-15(14)16/h5-11,13H,4,12H2,1-3H3,(H,23,27)/t13-,21+/m1/s1. The molecule has 0 aliphatic carbocycles. The first-order valence-corrected chi connectivity index (χ1v) is 9.50. The molecule has 0 unspecified atom stereocenters. The molecule has 0 saturated carbocycles. The number of fused-ring (bicyclic) bond motifs is 1. The Balaban J connectivity index is 1.62. The van der Waals surface area contributed by atoms with E-state index in [4.69, 9.17) is 9.26 Å². The van der Waals surface area contributed by atoms with Crippen molar-refractivity contribution in [3.05, 3.63) is 59.7 Å². The summed E-state index contributed by atoms with van der Waals surface area (Å²) in [6.07, 6.45) is -0.332. The Hall–Kier alpha value is -3.26. The Morgan fingerprint density at radius 2 is 1.97 bits per heavy atom. The number of nitrogens with one attached hydrogen (secondary N) is 1. The zero-order chi connectivity index (χ0) is 20.6. The predicted molar refractivity (Wildman–Crippen MR) is 105 cm³/mol. The van der Waals surface area contributed by atoms with Crippen LogP contribution >= 0.6 is 0 Å². The predicted octanol–water partition coefficient (Wildman–Crippen LogP) is 3.29. The van der Waals surface area contributed by atoms with Crippen LogP contribution in [0.5, 0.6) is 0 Å². The lowest BCUT2D eigenvalue weighted by atomic mass is 9.88. The van der Waals surface area contributed by atoms with Gasteiger partial charge in [0.15, 0.2) is 5.82 Å². The van der Waals surface area contributed by atoms with E-state index in [9.17, 15) is 9.59 Å². The Labute approximate surface area is 167 Å². The number of carbonyl (C=O) groups is 2. The highest BCUT2D eigenvalue weighted by Crippen LogP contribution is 2.34. The van der Waals surface area contributed by atoms with Gasteiger partial charge in [0.25, 0.3) is 5.91 Å². The summed E-state index contributed by atoms with van der Waals surface area (Å²) in [5, 5.41) is 8.63. The van der Waals surface area contributed by atoms with Crippen LogP contribution in [0.2, 0.25) is 0 Å². The van der Waals surface area contributed by atoms with Gasteiger partial charge in [0, 0.05) is 6.61 Å². The molecule has 4 rings (SSSR count). The van der Waals surface area contributed by atoms with Crippen LogP contribution < -0.4 is 5.32 Å². The second-order valence-corrected chi connectivity index (χ2v) is 7.12. The van der Waals surface area contributed by atoms with Crippen LogP contribution in [0.4, 0.5) is 4.79 Å². The third-order valence-corrected chi connectivity index (χ3v) is 5.16. The molecule has 1 saturated heterocycles. The first-order chi connectivity index (χ1) is 13.9. The fourth-order valence-corrected chi connectivity index (χ4v) is 3.64. The molecule has 8 nitrogen and oxygen atoms in total. The van der Waals surface area contributed by atoms with E-state index >= 15 is 0 Å². The fraction of sp³-hybridized carbons (Fsp3) is 0.333. The van der Waals surface area contributed by atoms with Crippen molar-refractivity contribution in [1.82, 2.24) is 20.4 Å². The lowest BCUT2D eigenvalue weighted by molar-refractivity contribution is -0.131. The van der Waals surface area contributed by atoms with Gasteiger partial charge >= 0.3 is 6.03 Å². The van der Waals surface area contributed by atoms with Crippen molar-refractivity contribution in [2.75, 3.05) is 6.61 Å². The van der Waals surface area contributed by atoms with Gasteiger partial charge in [-0.15, -0.1) is 0 Å². The Kier molecular flexibility index (Phi) is 4.79. The van der Waals surface area contributed by atoms with E-state index in [0.29, 0.717) is 12.4 Å². The summed E-state index contributed by atoms with van der Waals surface area (Å²) in [5.41, 5.74) is -0.438. The van der Waals surface area contributed by atoms with Gasteiger partial charge in [-0.3, -0.25) is 9.69 Å². The summed E-state index contributed by atoms with van der Waals surface area (Å²) < 4.78 is 10.7. The highest BCUT2D eigenvalue weighted by molar-refractivity contribution is 6.09. The molecule has 1 fully saturated rings. The highest BCUT2D eigenvalue weighted by atomic mass is 16.5. The van der Waals surface area contributed by atoms with Crippen molar-refractivity contribution in [1.29, 1.82) is 0 Å². The molecule has 3 amide bonds. The van der Waals surface area contributed by atoms with Gasteiger partial charge in [-0.2, -0.15) is 4.98 Å². The molecular formula is C21H22N4O4. The number of amides is 3. The summed E-state index contributed by atoms with van der Waals surface area (Å²) in [5.74, 6) is 0.194. The number of imide groups is 1. The van der Waals surface area contributed by atoms with Crippen LogP contribution in [0.1, 0.15) is 44.2 Å². The van der Waals surface area contributed by atoms with Gasteiger partial charge in [0.05, 0.1) is 0 Å². The minimum absolute atomic E-state index is 0.100. The molecule has 0 radical (unpaired) electrons. The zero-order valence-electron chi connectivity index (χ0n) is 16.5. The average molecular weight is 394 g/mol. The number of hydrogen-bond donors (Lipinski definition) is 1. The Morgan fingerprint density at radius 3 is 2.76 bits per heavy atom. The molecule has 1 aliphatic heterocycles. The number of benzene rings is 2. The number of nitrogens with zero attached hydrogens (tertiary/aromatic N) is 3. The summed E-state index contributed by atoms with van der Waals surface area (Å²) in [6, 6.07) is 13.0. The molecule has 0 bridgehead atoms. The van der Waals surface area contributed by atoms with Gasteiger partial charge in [-0.1, -0.05) is 47.6 Å². The molecule has 1 aromatic heterocycles. The van der Waals surface area contributed by atoms with Gasteiger partial charge in [-0.05, 0) is 37.1 Å². The van der Waals surface area contributed by atoms with Crippen LogP contribution in [0.3, 0.4) is 0 Å². The van der Waals surface area contributed by atoms with Crippen molar-refractivity contribution in [3.8, 4) is 0 Å². The van der Waals surface area contributed by atoms with Crippen LogP contribution in [-0.4, -0.2) is 33.6 Å². The third kappa shape index (κ3) is 3.25. The molecule has 2 heterocycles. The monoisotopic (exact) mass is 394 g/mol. The minimum Gasteiger partial charge on any atom is -0.371 e. The molecule has 2 atom stereocenters. The highest BCUT2D eigenvalue weighted by Gasteiger charge is 2.50. The van der Waals surface area contributed by atoms with Crippen LogP contribution in [-0.2, 0) is 21.6 Å². The zero-order valence-corrected chi connectivity index (χ0v) is 16.5.